The van der Waals surface area contributed by atoms with Crippen molar-refractivity contribution in [3.63, 3.8) is 0 Å². The third-order valence-corrected chi connectivity index (χ3v) is 4.21. The van der Waals surface area contributed by atoms with Gasteiger partial charge in [-0.05, 0) is 38.5 Å². The summed E-state index contributed by atoms with van der Waals surface area (Å²) in [5, 5.41) is 14.7. The molecule has 0 aliphatic heterocycles. The van der Waals surface area contributed by atoms with Crippen molar-refractivity contribution in [3.8, 4) is 5.75 Å². The van der Waals surface area contributed by atoms with Crippen molar-refractivity contribution in [2.24, 2.45) is 0 Å². The molecule has 2 aromatic rings. The van der Waals surface area contributed by atoms with Crippen LogP contribution in [0.5, 0.6) is 5.75 Å². The van der Waals surface area contributed by atoms with Crippen LogP contribution in [0.4, 0.5) is 0 Å². The zero-order valence-electron chi connectivity index (χ0n) is 12.9. The number of methoxy groups -OCH3 is 1. The summed E-state index contributed by atoms with van der Waals surface area (Å²) in [6, 6.07) is 5.92. The molecule has 1 unspecified atom stereocenters. The van der Waals surface area contributed by atoms with Gasteiger partial charge < -0.3 is 9.84 Å². The maximum absolute atomic E-state index is 10.1. The Morgan fingerprint density at radius 1 is 1.38 bits per heavy atom. The first-order valence-electron chi connectivity index (χ1n) is 7.02. The zero-order chi connectivity index (χ0) is 15.6. The number of ether oxygens (including phenoxy) is 1. The predicted molar refractivity (Wildman–Crippen MR) is 86.7 cm³/mol. The summed E-state index contributed by atoms with van der Waals surface area (Å²) in [5.74, 6) is 0.836. The Kier molecular flexibility index (Phi) is 5.06. The van der Waals surface area contributed by atoms with Crippen LogP contribution in [0.3, 0.4) is 0 Å². The van der Waals surface area contributed by atoms with E-state index in [1.807, 2.05) is 43.7 Å². The van der Waals surface area contributed by atoms with E-state index in [2.05, 4.69) is 21.0 Å². The lowest BCUT2D eigenvalue weighted by Crippen LogP contribution is -2.06. The molecule has 21 heavy (non-hydrogen) atoms. The second-order valence-corrected chi connectivity index (χ2v) is 6.04. The lowest BCUT2D eigenvalue weighted by molar-refractivity contribution is 0.172. The summed E-state index contributed by atoms with van der Waals surface area (Å²) in [4.78, 5) is 0. The van der Waals surface area contributed by atoms with Crippen molar-refractivity contribution < 1.29 is 9.84 Å². The molecule has 2 rings (SSSR count). The van der Waals surface area contributed by atoms with Crippen LogP contribution in [0.25, 0.3) is 0 Å². The van der Waals surface area contributed by atoms with E-state index in [0.717, 1.165) is 32.7 Å². The summed E-state index contributed by atoms with van der Waals surface area (Å²) in [6.45, 7) is 6.53. The summed E-state index contributed by atoms with van der Waals surface area (Å²) < 4.78 is 8.34. The SMILES string of the molecule is CCC(O)c1c(C)nn(Cc2cc(Br)ccc2OC)c1C. The highest BCUT2D eigenvalue weighted by Crippen LogP contribution is 2.27. The van der Waals surface area contributed by atoms with Gasteiger partial charge in [-0.25, -0.2) is 0 Å². The van der Waals surface area contributed by atoms with Gasteiger partial charge in [0, 0.05) is 21.3 Å². The first-order chi connectivity index (χ1) is 9.97. The van der Waals surface area contributed by atoms with Gasteiger partial charge in [-0.15, -0.1) is 0 Å². The van der Waals surface area contributed by atoms with E-state index in [1.54, 1.807) is 7.11 Å². The minimum absolute atomic E-state index is 0.455. The van der Waals surface area contributed by atoms with Gasteiger partial charge >= 0.3 is 0 Å². The molecular formula is C16H21BrN2O2. The molecule has 1 aromatic carbocycles. The van der Waals surface area contributed by atoms with Crippen LogP contribution in [0.2, 0.25) is 0 Å². The molecule has 0 aliphatic carbocycles. The van der Waals surface area contributed by atoms with Crippen LogP contribution in [0, 0.1) is 13.8 Å². The fraction of sp³-hybridized carbons (Fsp3) is 0.438. The monoisotopic (exact) mass is 352 g/mol. The Balaban J connectivity index is 2.39. The number of hydrogen-bond acceptors (Lipinski definition) is 3. The molecule has 0 amide bonds. The average molecular weight is 353 g/mol. The number of aliphatic hydroxyl groups excluding tert-OH is 1. The number of benzene rings is 1. The summed E-state index contributed by atoms with van der Waals surface area (Å²) in [6.07, 6.45) is 0.233. The van der Waals surface area contributed by atoms with Crippen LogP contribution in [-0.2, 0) is 6.54 Å². The average Bonchev–Trinajstić information content (AvgIpc) is 2.73. The molecule has 0 saturated heterocycles. The molecule has 1 N–H and O–H groups in total. The Bertz CT molecular complexity index is 637. The van der Waals surface area contributed by atoms with Crippen LogP contribution in [0.1, 0.15) is 42.0 Å². The van der Waals surface area contributed by atoms with E-state index in [9.17, 15) is 5.11 Å². The fourth-order valence-corrected chi connectivity index (χ4v) is 2.99. The molecule has 1 heterocycles. The van der Waals surface area contributed by atoms with Crippen molar-refractivity contribution in [2.75, 3.05) is 7.11 Å². The van der Waals surface area contributed by atoms with Gasteiger partial charge in [0.2, 0.25) is 0 Å². The van der Waals surface area contributed by atoms with E-state index >= 15 is 0 Å². The van der Waals surface area contributed by atoms with Gasteiger partial charge in [0.15, 0.2) is 0 Å². The number of halogens is 1. The molecule has 0 saturated carbocycles. The molecular weight excluding hydrogens is 332 g/mol. The lowest BCUT2D eigenvalue weighted by atomic mass is 10.1. The minimum Gasteiger partial charge on any atom is -0.496 e. The van der Waals surface area contributed by atoms with Crippen molar-refractivity contribution in [2.45, 2.75) is 39.8 Å². The molecule has 5 heteroatoms. The highest BCUT2D eigenvalue weighted by atomic mass is 79.9. The Hall–Kier alpha value is -1.33. The predicted octanol–water partition coefficient (Wildman–Crippen LogP) is 3.76. The first-order valence-corrected chi connectivity index (χ1v) is 7.81. The van der Waals surface area contributed by atoms with Crippen LogP contribution >= 0.6 is 15.9 Å². The highest BCUT2D eigenvalue weighted by molar-refractivity contribution is 9.10. The molecule has 1 atom stereocenters. The topological polar surface area (TPSA) is 47.3 Å². The smallest absolute Gasteiger partial charge is 0.124 e. The summed E-state index contributed by atoms with van der Waals surface area (Å²) in [5.41, 5.74) is 3.88. The maximum atomic E-state index is 10.1. The molecule has 114 valence electrons. The van der Waals surface area contributed by atoms with Gasteiger partial charge in [0.25, 0.3) is 0 Å². The van der Waals surface area contributed by atoms with Crippen molar-refractivity contribution >= 4 is 15.9 Å². The van der Waals surface area contributed by atoms with Gasteiger partial charge in [0.1, 0.15) is 5.75 Å². The van der Waals surface area contributed by atoms with Gasteiger partial charge in [-0.1, -0.05) is 22.9 Å². The lowest BCUT2D eigenvalue weighted by Gasteiger charge is -2.12. The summed E-state index contributed by atoms with van der Waals surface area (Å²) >= 11 is 3.49. The largest absolute Gasteiger partial charge is 0.496 e. The Morgan fingerprint density at radius 2 is 2.10 bits per heavy atom. The zero-order valence-corrected chi connectivity index (χ0v) is 14.4. The normalized spacial score (nSPS) is 12.5. The quantitative estimate of drug-likeness (QED) is 0.890. The number of aryl methyl sites for hydroxylation is 1. The van der Waals surface area contributed by atoms with Crippen LogP contribution in [0.15, 0.2) is 22.7 Å². The second-order valence-electron chi connectivity index (χ2n) is 5.12. The molecule has 0 bridgehead atoms. The number of aromatic nitrogens is 2. The van der Waals surface area contributed by atoms with Gasteiger partial charge in [-0.3, -0.25) is 4.68 Å². The number of hydrogen-bond donors (Lipinski definition) is 1. The van der Waals surface area contributed by atoms with Crippen LogP contribution < -0.4 is 4.74 Å². The van der Waals surface area contributed by atoms with Gasteiger partial charge in [-0.2, -0.15) is 5.10 Å². The van der Waals surface area contributed by atoms with E-state index < -0.39 is 6.10 Å². The van der Waals surface area contributed by atoms with E-state index in [0.29, 0.717) is 13.0 Å². The third-order valence-electron chi connectivity index (χ3n) is 3.72. The number of rotatable bonds is 5. The van der Waals surface area contributed by atoms with Crippen molar-refractivity contribution in [3.05, 3.63) is 45.2 Å². The number of nitrogens with zero attached hydrogens (tertiary/aromatic N) is 2. The van der Waals surface area contributed by atoms with E-state index in [-0.39, 0.29) is 0 Å². The molecule has 0 aliphatic rings. The summed E-state index contributed by atoms with van der Waals surface area (Å²) in [7, 11) is 1.67. The van der Waals surface area contributed by atoms with E-state index in [4.69, 9.17) is 4.74 Å². The first kappa shape index (κ1) is 16.0. The Morgan fingerprint density at radius 3 is 2.71 bits per heavy atom. The maximum Gasteiger partial charge on any atom is 0.124 e. The molecule has 0 fully saturated rings. The van der Waals surface area contributed by atoms with E-state index in [1.165, 1.54) is 0 Å². The standard InChI is InChI=1S/C16H21BrN2O2/c1-5-14(20)16-10(2)18-19(11(16)3)9-12-8-13(17)6-7-15(12)21-4/h6-8,14,20H,5,9H2,1-4H3. The second kappa shape index (κ2) is 6.62. The minimum atomic E-state index is -0.455. The van der Waals surface area contributed by atoms with Crippen molar-refractivity contribution in [1.29, 1.82) is 0 Å². The van der Waals surface area contributed by atoms with Crippen LogP contribution in [-0.4, -0.2) is 22.0 Å². The molecule has 0 spiro atoms. The Labute approximate surface area is 133 Å². The number of aliphatic hydroxyl groups is 1. The molecule has 4 nitrogen and oxygen atoms in total. The fourth-order valence-electron chi connectivity index (χ4n) is 2.58. The molecule has 1 aromatic heterocycles. The van der Waals surface area contributed by atoms with Crippen molar-refractivity contribution in [1.82, 2.24) is 9.78 Å². The van der Waals surface area contributed by atoms with Gasteiger partial charge in [0.05, 0.1) is 25.5 Å². The third kappa shape index (κ3) is 3.30. The highest BCUT2D eigenvalue weighted by Gasteiger charge is 2.18. The molecule has 0 radical (unpaired) electrons.